The molecule has 3 aromatic rings. The van der Waals surface area contributed by atoms with E-state index in [2.05, 4.69) is 5.32 Å². The molecule has 1 aliphatic carbocycles. The molecular formula is C20H17ClN2O2. The second kappa shape index (κ2) is 5.81. The predicted octanol–water partition coefficient (Wildman–Crippen LogP) is 5.24. The number of aryl methyl sites for hydroxylation is 1. The molecule has 0 unspecified atom stereocenters. The van der Waals surface area contributed by atoms with Gasteiger partial charge in [0.2, 0.25) is 6.79 Å². The summed E-state index contributed by atoms with van der Waals surface area (Å²) in [5, 5.41) is 5.38. The predicted molar refractivity (Wildman–Crippen MR) is 99.2 cm³/mol. The van der Waals surface area contributed by atoms with E-state index in [0.717, 1.165) is 51.6 Å². The highest BCUT2D eigenvalue weighted by Crippen LogP contribution is 2.39. The molecule has 2 aromatic carbocycles. The van der Waals surface area contributed by atoms with Gasteiger partial charge in [0, 0.05) is 27.9 Å². The number of rotatable bonds is 2. The highest BCUT2D eigenvalue weighted by Gasteiger charge is 2.20. The molecule has 0 fully saturated rings. The lowest BCUT2D eigenvalue weighted by molar-refractivity contribution is 0.174. The van der Waals surface area contributed by atoms with Gasteiger partial charge in [-0.15, -0.1) is 0 Å². The summed E-state index contributed by atoms with van der Waals surface area (Å²) in [5.74, 6) is 1.56. The molecule has 2 heterocycles. The molecule has 0 saturated heterocycles. The molecule has 0 atom stereocenters. The zero-order valence-corrected chi connectivity index (χ0v) is 14.4. The maximum atomic E-state index is 6.26. The molecular weight excluding hydrogens is 336 g/mol. The van der Waals surface area contributed by atoms with Gasteiger partial charge in [-0.1, -0.05) is 11.6 Å². The van der Waals surface area contributed by atoms with Crippen LogP contribution in [0.1, 0.15) is 24.1 Å². The molecule has 1 N–H and O–H groups in total. The van der Waals surface area contributed by atoms with E-state index in [0.29, 0.717) is 0 Å². The van der Waals surface area contributed by atoms with Gasteiger partial charge in [-0.05, 0) is 61.6 Å². The van der Waals surface area contributed by atoms with Crippen molar-refractivity contribution in [3.8, 4) is 11.5 Å². The van der Waals surface area contributed by atoms with Crippen LogP contribution in [0.2, 0.25) is 5.02 Å². The van der Waals surface area contributed by atoms with Gasteiger partial charge < -0.3 is 14.8 Å². The van der Waals surface area contributed by atoms with Crippen molar-refractivity contribution in [1.29, 1.82) is 0 Å². The third-order valence-corrected chi connectivity index (χ3v) is 5.10. The van der Waals surface area contributed by atoms with Crippen LogP contribution < -0.4 is 14.8 Å². The average Bonchev–Trinajstić information content (AvgIpc) is 3.10. The van der Waals surface area contributed by atoms with Gasteiger partial charge in [0.1, 0.15) is 0 Å². The maximum absolute atomic E-state index is 6.26. The van der Waals surface area contributed by atoms with Gasteiger partial charge in [-0.2, -0.15) is 0 Å². The quantitative estimate of drug-likeness (QED) is 0.685. The van der Waals surface area contributed by atoms with Gasteiger partial charge in [-0.25, -0.2) is 0 Å². The fourth-order valence-electron chi connectivity index (χ4n) is 3.66. The van der Waals surface area contributed by atoms with Crippen molar-refractivity contribution in [2.45, 2.75) is 25.7 Å². The number of halogens is 1. The Hall–Kier alpha value is -2.46. The molecule has 5 heteroatoms. The van der Waals surface area contributed by atoms with E-state index in [1.165, 1.54) is 24.1 Å². The van der Waals surface area contributed by atoms with E-state index in [4.69, 9.17) is 26.1 Å². The first-order chi connectivity index (χ1) is 12.3. The van der Waals surface area contributed by atoms with E-state index < -0.39 is 0 Å². The van der Waals surface area contributed by atoms with E-state index >= 15 is 0 Å². The molecule has 0 radical (unpaired) electrons. The third-order valence-electron chi connectivity index (χ3n) is 4.87. The highest BCUT2D eigenvalue weighted by atomic mass is 35.5. The van der Waals surface area contributed by atoms with Crippen LogP contribution in [0.4, 0.5) is 11.4 Å². The molecule has 0 spiro atoms. The maximum Gasteiger partial charge on any atom is 0.231 e. The molecule has 4 nitrogen and oxygen atoms in total. The summed E-state index contributed by atoms with van der Waals surface area (Å²) in [6.07, 6.45) is 4.46. The first kappa shape index (κ1) is 14.8. The van der Waals surface area contributed by atoms with Crippen LogP contribution in [0, 0.1) is 0 Å². The molecule has 0 amide bonds. The van der Waals surface area contributed by atoms with Crippen molar-refractivity contribution in [2.24, 2.45) is 0 Å². The molecule has 1 aromatic heterocycles. The van der Waals surface area contributed by atoms with E-state index in [1.54, 1.807) is 0 Å². The number of benzene rings is 2. The molecule has 2 aliphatic rings. The minimum atomic E-state index is 0.280. The molecule has 1 aliphatic heterocycles. The highest BCUT2D eigenvalue weighted by molar-refractivity contribution is 6.31. The van der Waals surface area contributed by atoms with E-state index in [1.807, 2.05) is 36.4 Å². The molecule has 0 bridgehead atoms. The first-order valence-corrected chi connectivity index (χ1v) is 8.93. The third kappa shape index (κ3) is 2.57. The van der Waals surface area contributed by atoms with Gasteiger partial charge in [0.05, 0.1) is 11.2 Å². The van der Waals surface area contributed by atoms with E-state index in [-0.39, 0.29) is 6.79 Å². The van der Waals surface area contributed by atoms with Crippen LogP contribution in [-0.2, 0) is 12.8 Å². The second-order valence-electron chi connectivity index (χ2n) is 6.47. The normalized spacial score (nSPS) is 15.2. The van der Waals surface area contributed by atoms with Crippen LogP contribution in [0.25, 0.3) is 10.9 Å². The molecule has 126 valence electrons. The topological polar surface area (TPSA) is 43.4 Å². The Morgan fingerprint density at radius 2 is 1.84 bits per heavy atom. The van der Waals surface area contributed by atoms with Crippen LogP contribution in [-0.4, -0.2) is 11.8 Å². The lowest BCUT2D eigenvalue weighted by Crippen LogP contribution is -2.09. The summed E-state index contributed by atoms with van der Waals surface area (Å²) in [5.41, 5.74) is 5.57. The number of aromatic nitrogens is 1. The standard InChI is InChI=1S/C20H17ClN2O2/c21-12-5-7-17-15(9-12)20(14-3-1-2-4-16(14)23-17)22-13-6-8-18-19(10-13)25-11-24-18/h5-10H,1-4,11H2,(H,22,23). The number of nitrogens with one attached hydrogen (secondary N) is 1. The number of nitrogens with zero attached hydrogens (tertiary/aromatic N) is 1. The summed E-state index contributed by atoms with van der Waals surface area (Å²) < 4.78 is 10.9. The summed E-state index contributed by atoms with van der Waals surface area (Å²) in [6.45, 7) is 0.280. The van der Waals surface area contributed by atoms with Crippen molar-refractivity contribution >= 4 is 33.9 Å². The Morgan fingerprint density at radius 1 is 0.960 bits per heavy atom. The Kier molecular flexibility index (Phi) is 3.45. The number of hydrogen-bond acceptors (Lipinski definition) is 4. The largest absolute Gasteiger partial charge is 0.454 e. The Morgan fingerprint density at radius 3 is 2.80 bits per heavy atom. The summed E-state index contributed by atoms with van der Waals surface area (Å²) in [4.78, 5) is 4.87. The lowest BCUT2D eigenvalue weighted by atomic mass is 9.92. The van der Waals surface area contributed by atoms with E-state index in [9.17, 15) is 0 Å². The fraction of sp³-hybridized carbons (Fsp3) is 0.250. The molecule has 25 heavy (non-hydrogen) atoms. The summed E-state index contributed by atoms with van der Waals surface area (Å²) >= 11 is 6.26. The SMILES string of the molecule is Clc1ccc2nc3c(c(Nc4ccc5c(c4)OCO5)c2c1)CCCC3. The van der Waals surface area contributed by atoms with Crippen molar-refractivity contribution in [3.63, 3.8) is 0 Å². The van der Waals surface area contributed by atoms with Crippen molar-refractivity contribution in [3.05, 3.63) is 52.7 Å². The minimum Gasteiger partial charge on any atom is -0.454 e. The average molecular weight is 353 g/mol. The van der Waals surface area contributed by atoms with Crippen molar-refractivity contribution in [2.75, 3.05) is 12.1 Å². The van der Waals surface area contributed by atoms with Gasteiger partial charge in [0.25, 0.3) is 0 Å². The smallest absolute Gasteiger partial charge is 0.231 e. The zero-order valence-electron chi connectivity index (χ0n) is 13.6. The van der Waals surface area contributed by atoms with Gasteiger partial charge in [-0.3, -0.25) is 4.98 Å². The lowest BCUT2D eigenvalue weighted by Gasteiger charge is -2.22. The monoisotopic (exact) mass is 352 g/mol. The van der Waals surface area contributed by atoms with Crippen molar-refractivity contribution < 1.29 is 9.47 Å². The van der Waals surface area contributed by atoms with Crippen LogP contribution in [0.5, 0.6) is 11.5 Å². The zero-order chi connectivity index (χ0) is 16.8. The van der Waals surface area contributed by atoms with Gasteiger partial charge in [0.15, 0.2) is 11.5 Å². The number of anilines is 2. The summed E-state index contributed by atoms with van der Waals surface area (Å²) in [7, 11) is 0. The van der Waals surface area contributed by atoms with Crippen LogP contribution >= 0.6 is 11.6 Å². The first-order valence-electron chi connectivity index (χ1n) is 8.55. The summed E-state index contributed by atoms with van der Waals surface area (Å²) in [6, 6.07) is 11.8. The minimum absolute atomic E-state index is 0.280. The Labute approximate surface area is 150 Å². The van der Waals surface area contributed by atoms with Crippen molar-refractivity contribution in [1.82, 2.24) is 4.98 Å². The van der Waals surface area contributed by atoms with Crippen LogP contribution in [0.3, 0.4) is 0 Å². The number of pyridine rings is 1. The molecule has 5 rings (SSSR count). The fourth-order valence-corrected chi connectivity index (χ4v) is 3.83. The second-order valence-corrected chi connectivity index (χ2v) is 6.91. The number of fused-ring (bicyclic) bond motifs is 3. The molecule has 0 saturated carbocycles. The van der Waals surface area contributed by atoms with Crippen LogP contribution in [0.15, 0.2) is 36.4 Å². The number of ether oxygens (including phenoxy) is 2. The Bertz CT molecular complexity index is 987. The Balaban J connectivity index is 1.67. The number of hydrogen-bond donors (Lipinski definition) is 1. The van der Waals surface area contributed by atoms with Gasteiger partial charge >= 0.3 is 0 Å².